The van der Waals surface area contributed by atoms with Gasteiger partial charge >= 0.3 is 0 Å². The number of pyridine rings is 1. The molecule has 0 bridgehead atoms. The molecule has 0 unspecified atom stereocenters. The zero-order valence-corrected chi connectivity index (χ0v) is 19.2. The Bertz CT molecular complexity index is 1300. The van der Waals surface area contributed by atoms with Crippen LogP contribution < -0.4 is 14.4 Å². The number of carbonyl (C=O) groups is 2. The fourth-order valence-corrected chi connectivity index (χ4v) is 4.02. The lowest BCUT2D eigenvalue weighted by atomic mass is 10.1. The van der Waals surface area contributed by atoms with Crippen LogP contribution in [0.2, 0.25) is 5.02 Å². The van der Waals surface area contributed by atoms with Crippen molar-refractivity contribution in [1.29, 1.82) is 0 Å². The van der Waals surface area contributed by atoms with E-state index in [1.165, 1.54) is 12.1 Å². The fraction of sp³-hybridized carbons (Fsp3) is 0.0870. The third-order valence-corrected chi connectivity index (χ3v) is 5.71. The maximum atomic E-state index is 12.9. The molecule has 2 aromatic carbocycles. The maximum Gasteiger partial charge on any atom is 0.298 e. The first-order chi connectivity index (χ1) is 16.4. The summed E-state index contributed by atoms with van der Waals surface area (Å²) in [7, 11) is 0. The van der Waals surface area contributed by atoms with Crippen LogP contribution in [0.3, 0.4) is 0 Å². The van der Waals surface area contributed by atoms with Crippen molar-refractivity contribution in [2.45, 2.75) is 6.92 Å². The molecular weight excluding hydrogens is 482 g/mol. The van der Waals surface area contributed by atoms with Crippen molar-refractivity contribution in [1.82, 2.24) is 4.98 Å². The van der Waals surface area contributed by atoms with E-state index < -0.39 is 16.1 Å². The number of halogens is 1. The number of carbonyl (C=O) groups excluding carboxylic acids is 2. The fourth-order valence-electron chi connectivity index (χ4n) is 3.05. The number of hydrogen-bond acceptors (Lipinski definition) is 8. The predicted octanol–water partition coefficient (Wildman–Crippen LogP) is 6.08. The Morgan fingerprint density at radius 3 is 2.53 bits per heavy atom. The molecule has 3 aromatic rings. The zero-order chi connectivity index (χ0) is 24.2. The molecule has 1 aliphatic rings. The Hall–Kier alpha value is -3.89. The number of thioether (sulfide) groups is 1. The maximum absolute atomic E-state index is 12.9. The molecule has 2 amide bonds. The number of nitrogens with zero attached hydrogens (tertiary/aromatic N) is 3. The molecule has 0 spiro atoms. The van der Waals surface area contributed by atoms with Crippen LogP contribution in [0.1, 0.15) is 12.5 Å². The minimum absolute atomic E-state index is 0.153. The molecule has 2 heterocycles. The highest BCUT2D eigenvalue weighted by atomic mass is 35.5. The molecule has 0 radical (unpaired) electrons. The molecule has 9 nitrogen and oxygen atoms in total. The monoisotopic (exact) mass is 497 g/mol. The van der Waals surface area contributed by atoms with Gasteiger partial charge < -0.3 is 9.47 Å². The summed E-state index contributed by atoms with van der Waals surface area (Å²) in [4.78, 5) is 40.9. The van der Waals surface area contributed by atoms with E-state index in [0.29, 0.717) is 34.4 Å². The Kier molecular flexibility index (Phi) is 6.80. The van der Waals surface area contributed by atoms with Crippen LogP contribution in [-0.4, -0.2) is 27.7 Å². The molecule has 0 N–H and O–H groups in total. The van der Waals surface area contributed by atoms with Crippen molar-refractivity contribution < 1.29 is 24.0 Å². The smallest absolute Gasteiger partial charge is 0.298 e. The average Bonchev–Trinajstić information content (AvgIpc) is 3.09. The minimum Gasteiger partial charge on any atom is -0.490 e. The van der Waals surface area contributed by atoms with Crippen molar-refractivity contribution in [2.24, 2.45) is 0 Å². The number of benzene rings is 2. The number of ether oxygens (including phenoxy) is 2. The van der Waals surface area contributed by atoms with E-state index in [2.05, 4.69) is 4.98 Å². The van der Waals surface area contributed by atoms with E-state index in [-0.39, 0.29) is 16.5 Å². The summed E-state index contributed by atoms with van der Waals surface area (Å²) in [6.45, 7) is 2.15. The highest BCUT2D eigenvalue weighted by Gasteiger charge is 2.36. The Morgan fingerprint density at radius 1 is 1.12 bits per heavy atom. The number of aromatic nitrogens is 1. The molecule has 0 saturated carbocycles. The lowest BCUT2D eigenvalue weighted by Crippen LogP contribution is -2.27. The number of anilines is 1. The Balaban J connectivity index is 1.58. The molecular formula is C23H16ClN3O6S. The number of imide groups is 1. The second kappa shape index (κ2) is 9.94. The summed E-state index contributed by atoms with van der Waals surface area (Å²) in [5.74, 6) is 0.442. The second-order valence-electron chi connectivity index (χ2n) is 6.85. The molecule has 1 aliphatic heterocycles. The van der Waals surface area contributed by atoms with Crippen molar-refractivity contribution in [3.63, 3.8) is 0 Å². The van der Waals surface area contributed by atoms with Crippen LogP contribution in [0.25, 0.3) is 6.08 Å². The topological polar surface area (TPSA) is 112 Å². The lowest BCUT2D eigenvalue weighted by Gasteiger charge is -2.12. The molecule has 1 aromatic heterocycles. The highest BCUT2D eigenvalue weighted by Crippen LogP contribution is 2.38. The molecule has 11 heteroatoms. The van der Waals surface area contributed by atoms with E-state index in [1.807, 2.05) is 0 Å². The summed E-state index contributed by atoms with van der Waals surface area (Å²) in [6.07, 6.45) is 2.69. The van der Waals surface area contributed by atoms with Crippen LogP contribution in [0.5, 0.6) is 17.4 Å². The van der Waals surface area contributed by atoms with Crippen molar-refractivity contribution in [3.05, 3.63) is 86.4 Å². The van der Waals surface area contributed by atoms with Crippen molar-refractivity contribution in [2.75, 3.05) is 11.5 Å². The van der Waals surface area contributed by atoms with Crippen molar-refractivity contribution in [3.8, 4) is 17.4 Å². The Morgan fingerprint density at radius 2 is 1.88 bits per heavy atom. The normalized spacial score (nSPS) is 14.5. The second-order valence-corrected chi connectivity index (χ2v) is 8.28. The van der Waals surface area contributed by atoms with Gasteiger partial charge in [0.05, 0.1) is 22.1 Å². The van der Waals surface area contributed by atoms with Gasteiger partial charge in [0.15, 0.2) is 11.5 Å². The largest absolute Gasteiger partial charge is 0.490 e. The van der Waals surface area contributed by atoms with E-state index in [1.54, 1.807) is 55.5 Å². The minimum atomic E-state index is -0.550. The van der Waals surface area contributed by atoms with Gasteiger partial charge in [-0.3, -0.25) is 19.7 Å². The molecule has 34 heavy (non-hydrogen) atoms. The number of amides is 2. The van der Waals surface area contributed by atoms with Gasteiger partial charge in [-0.15, -0.1) is 0 Å². The highest BCUT2D eigenvalue weighted by molar-refractivity contribution is 8.19. The van der Waals surface area contributed by atoms with Gasteiger partial charge in [-0.25, -0.2) is 9.88 Å². The van der Waals surface area contributed by atoms with Crippen LogP contribution >= 0.6 is 23.4 Å². The van der Waals surface area contributed by atoms with E-state index >= 15 is 0 Å². The zero-order valence-electron chi connectivity index (χ0n) is 17.6. The summed E-state index contributed by atoms with van der Waals surface area (Å²) in [5.41, 5.74) is 0.902. The third-order valence-electron chi connectivity index (χ3n) is 4.59. The third kappa shape index (κ3) is 5.03. The predicted molar refractivity (Wildman–Crippen MR) is 128 cm³/mol. The molecule has 0 atom stereocenters. The van der Waals surface area contributed by atoms with Crippen LogP contribution in [0.15, 0.2) is 65.7 Å². The Labute approximate surface area is 203 Å². The first-order valence-electron chi connectivity index (χ1n) is 9.94. The standard InChI is InChI=1S/C23H16ClN3O6S/c1-2-32-19-11-14(3-9-18(19)33-21-10-8-17(13-25-21)27(30)31)12-20-22(28)26(23(29)34-20)16-6-4-15(24)5-7-16/h3-13H,2H2,1H3/b20-12+. The average molecular weight is 498 g/mol. The number of nitro groups is 1. The summed E-state index contributed by atoms with van der Waals surface area (Å²) in [6, 6.07) is 14.1. The quantitative estimate of drug-likeness (QED) is 0.219. The summed E-state index contributed by atoms with van der Waals surface area (Å²) >= 11 is 6.73. The first-order valence-corrected chi connectivity index (χ1v) is 11.1. The molecule has 4 rings (SSSR count). The van der Waals surface area contributed by atoms with Gasteiger partial charge in [0.2, 0.25) is 5.88 Å². The van der Waals surface area contributed by atoms with Gasteiger partial charge in [0.1, 0.15) is 6.20 Å². The van der Waals surface area contributed by atoms with Crippen LogP contribution in [0, 0.1) is 10.1 Å². The van der Waals surface area contributed by atoms with Gasteiger partial charge in [0.25, 0.3) is 16.8 Å². The lowest BCUT2D eigenvalue weighted by molar-refractivity contribution is -0.385. The van der Waals surface area contributed by atoms with Crippen molar-refractivity contribution >= 4 is 52.0 Å². The van der Waals surface area contributed by atoms with Gasteiger partial charge in [0, 0.05) is 17.2 Å². The molecule has 1 fully saturated rings. The van der Waals surface area contributed by atoms with Gasteiger partial charge in [-0.05, 0) is 66.7 Å². The first kappa shape index (κ1) is 23.3. The molecule has 172 valence electrons. The number of rotatable bonds is 7. The van der Waals surface area contributed by atoms with E-state index in [0.717, 1.165) is 22.9 Å². The summed E-state index contributed by atoms with van der Waals surface area (Å²) in [5, 5.41) is 10.9. The summed E-state index contributed by atoms with van der Waals surface area (Å²) < 4.78 is 11.4. The van der Waals surface area contributed by atoms with Gasteiger partial charge in [-0.1, -0.05) is 17.7 Å². The van der Waals surface area contributed by atoms with E-state index in [4.69, 9.17) is 21.1 Å². The van der Waals surface area contributed by atoms with Gasteiger partial charge in [-0.2, -0.15) is 0 Å². The molecule has 0 aliphatic carbocycles. The SMILES string of the molecule is CCOc1cc(/C=C2/SC(=O)N(c3ccc(Cl)cc3)C2=O)ccc1Oc1ccc([N+](=O)[O-])cn1. The van der Waals surface area contributed by atoms with Crippen LogP contribution in [-0.2, 0) is 4.79 Å². The van der Waals surface area contributed by atoms with Crippen LogP contribution in [0.4, 0.5) is 16.2 Å². The number of hydrogen-bond donors (Lipinski definition) is 0. The molecule has 1 saturated heterocycles. The van der Waals surface area contributed by atoms with E-state index in [9.17, 15) is 19.7 Å².